The van der Waals surface area contributed by atoms with Crippen molar-refractivity contribution < 1.29 is 23.9 Å². The van der Waals surface area contributed by atoms with Crippen LogP contribution in [0.25, 0.3) is 0 Å². The summed E-state index contributed by atoms with van der Waals surface area (Å²) in [6.45, 7) is 2.26. The van der Waals surface area contributed by atoms with Crippen molar-refractivity contribution >= 4 is 17.8 Å². The quantitative estimate of drug-likeness (QED) is 0.217. The summed E-state index contributed by atoms with van der Waals surface area (Å²) in [4.78, 5) is 22.5. The molecule has 0 fully saturated rings. The molecule has 0 aliphatic rings. The van der Waals surface area contributed by atoms with Crippen LogP contribution in [0.5, 0.6) is 17.2 Å². The molecule has 1 amide bonds. The third-order valence-corrected chi connectivity index (χ3v) is 5.53. The maximum Gasteiger partial charge on any atom is 0.269 e. The van der Waals surface area contributed by atoms with Crippen molar-refractivity contribution in [1.82, 2.24) is 5.43 Å². The molecular weight excluding hydrogens is 462 g/mol. The minimum atomic E-state index is -0.445. The molecule has 3 aromatic rings. The number of hydrazone groups is 1. The van der Waals surface area contributed by atoms with Crippen molar-refractivity contribution in [3.8, 4) is 17.2 Å². The van der Waals surface area contributed by atoms with Crippen molar-refractivity contribution in [2.24, 2.45) is 5.10 Å². The zero-order valence-corrected chi connectivity index (χ0v) is 20.5. The normalized spacial score (nSPS) is 10.8. The fraction of sp³-hybridized carbons (Fsp3) is 0.259. The summed E-state index contributed by atoms with van der Waals surface area (Å²) in [6.07, 6.45) is 3.41. The highest BCUT2D eigenvalue weighted by atomic mass is 16.6. The smallest absolute Gasteiger partial charge is 0.269 e. The van der Waals surface area contributed by atoms with Crippen LogP contribution in [0.2, 0.25) is 0 Å². The van der Waals surface area contributed by atoms with Crippen molar-refractivity contribution in [2.45, 2.75) is 32.8 Å². The lowest BCUT2D eigenvalue weighted by molar-refractivity contribution is -0.384. The van der Waals surface area contributed by atoms with E-state index in [-0.39, 0.29) is 18.2 Å². The van der Waals surface area contributed by atoms with Crippen LogP contribution >= 0.6 is 0 Å². The van der Waals surface area contributed by atoms with E-state index >= 15 is 0 Å². The Morgan fingerprint density at radius 2 is 1.81 bits per heavy atom. The number of nitrogens with one attached hydrogen (secondary N) is 1. The molecule has 0 spiro atoms. The minimum Gasteiger partial charge on any atom is -0.497 e. The van der Waals surface area contributed by atoms with Crippen molar-refractivity contribution in [3.63, 3.8) is 0 Å². The van der Waals surface area contributed by atoms with Gasteiger partial charge in [0, 0.05) is 18.6 Å². The molecule has 0 unspecified atom stereocenters. The van der Waals surface area contributed by atoms with E-state index in [4.69, 9.17) is 14.2 Å². The Balaban J connectivity index is 1.47. The number of nitro benzene ring substituents is 1. The van der Waals surface area contributed by atoms with Crippen molar-refractivity contribution in [3.05, 3.63) is 93.0 Å². The number of hydrogen-bond donors (Lipinski definition) is 1. The zero-order chi connectivity index (χ0) is 25.9. The first kappa shape index (κ1) is 26.2. The van der Waals surface area contributed by atoms with Gasteiger partial charge >= 0.3 is 0 Å². The molecule has 9 heteroatoms. The Morgan fingerprint density at radius 1 is 1.03 bits per heavy atom. The molecule has 36 heavy (non-hydrogen) atoms. The lowest BCUT2D eigenvalue weighted by Crippen LogP contribution is -2.17. The molecule has 9 nitrogen and oxygen atoms in total. The summed E-state index contributed by atoms with van der Waals surface area (Å²) in [5, 5.41) is 14.8. The highest BCUT2D eigenvalue weighted by Crippen LogP contribution is 2.28. The molecule has 0 aliphatic carbocycles. The van der Waals surface area contributed by atoms with Crippen LogP contribution in [0.1, 0.15) is 35.1 Å². The number of nitro groups is 1. The van der Waals surface area contributed by atoms with E-state index in [1.54, 1.807) is 37.4 Å². The molecule has 0 saturated carbocycles. The number of nitrogens with zero attached hydrogens (tertiary/aromatic N) is 2. The Morgan fingerprint density at radius 3 is 2.47 bits per heavy atom. The van der Waals surface area contributed by atoms with Gasteiger partial charge < -0.3 is 14.2 Å². The van der Waals surface area contributed by atoms with Crippen LogP contribution < -0.4 is 19.6 Å². The molecule has 0 aromatic heterocycles. The second-order valence-electron chi connectivity index (χ2n) is 8.06. The van der Waals surface area contributed by atoms with Gasteiger partial charge in [-0.05, 0) is 84.5 Å². The molecule has 0 heterocycles. The predicted octanol–water partition coefficient (Wildman–Crippen LogP) is 4.97. The number of ether oxygens (including phenoxy) is 3. The number of benzene rings is 3. The van der Waals surface area contributed by atoms with Gasteiger partial charge in [0.15, 0.2) is 11.5 Å². The van der Waals surface area contributed by atoms with Gasteiger partial charge in [-0.2, -0.15) is 5.10 Å². The average Bonchev–Trinajstić information content (AvgIpc) is 2.88. The van der Waals surface area contributed by atoms with Gasteiger partial charge in [0.2, 0.25) is 5.91 Å². The fourth-order valence-corrected chi connectivity index (χ4v) is 3.51. The van der Waals surface area contributed by atoms with Gasteiger partial charge in [-0.3, -0.25) is 14.9 Å². The van der Waals surface area contributed by atoms with Gasteiger partial charge in [0.1, 0.15) is 12.4 Å². The molecule has 3 aromatic carbocycles. The first-order valence-electron chi connectivity index (χ1n) is 11.4. The summed E-state index contributed by atoms with van der Waals surface area (Å²) in [7, 11) is 3.17. The van der Waals surface area contributed by atoms with E-state index < -0.39 is 4.92 Å². The van der Waals surface area contributed by atoms with E-state index in [0.29, 0.717) is 24.3 Å². The molecule has 188 valence electrons. The summed E-state index contributed by atoms with van der Waals surface area (Å²) < 4.78 is 16.4. The number of rotatable bonds is 12. The number of carbonyl (C=O) groups excluding carboxylic acids is 1. The number of aryl methyl sites for hydroxylation is 2. The largest absolute Gasteiger partial charge is 0.497 e. The molecular formula is C27H29N3O6. The van der Waals surface area contributed by atoms with Crippen LogP contribution in [0.3, 0.4) is 0 Å². The Labute approximate surface area is 209 Å². The van der Waals surface area contributed by atoms with E-state index in [1.165, 1.54) is 31.0 Å². The van der Waals surface area contributed by atoms with Crippen LogP contribution in [0.4, 0.5) is 5.69 Å². The predicted molar refractivity (Wildman–Crippen MR) is 137 cm³/mol. The first-order chi connectivity index (χ1) is 17.4. The molecule has 1 N–H and O–H groups in total. The van der Waals surface area contributed by atoms with Crippen LogP contribution in [0.15, 0.2) is 65.8 Å². The molecule has 0 atom stereocenters. The van der Waals surface area contributed by atoms with Crippen molar-refractivity contribution in [1.29, 1.82) is 0 Å². The fourth-order valence-electron chi connectivity index (χ4n) is 3.51. The molecule has 0 bridgehead atoms. The lowest BCUT2D eigenvalue weighted by Gasteiger charge is -2.11. The number of carbonyl (C=O) groups is 1. The maximum atomic E-state index is 12.1. The van der Waals surface area contributed by atoms with Crippen LogP contribution in [0, 0.1) is 17.0 Å². The summed E-state index contributed by atoms with van der Waals surface area (Å²) in [6, 6.07) is 17.4. The Hall–Kier alpha value is -4.40. The zero-order valence-electron chi connectivity index (χ0n) is 20.5. The number of non-ortho nitro benzene ring substituents is 1. The van der Waals surface area contributed by atoms with E-state index in [9.17, 15) is 14.9 Å². The minimum absolute atomic E-state index is 0.0272. The molecule has 3 rings (SSSR count). The van der Waals surface area contributed by atoms with Gasteiger partial charge in [-0.15, -0.1) is 0 Å². The topological polar surface area (TPSA) is 112 Å². The number of amides is 1. The van der Waals surface area contributed by atoms with Crippen molar-refractivity contribution in [2.75, 3.05) is 14.2 Å². The third kappa shape index (κ3) is 7.56. The van der Waals surface area contributed by atoms with E-state index in [0.717, 1.165) is 28.9 Å². The van der Waals surface area contributed by atoms with Gasteiger partial charge in [0.05, 0.1) is 25.4 Å². The average molecular weight is 492 g/mol. The summed E-state index contributed by atoms with van der Waals surface area (Å²) in [5.41, 5.74) is 6.43. The monoisotopic (exact) mass is 491 g/mol. The second-order valence-corrected chi connectivity index (χ2v) is 8.06. The summed E-state index contributed by atoms with van der Waals surface area (Å²) in [5.74, 6) is 1.68. The third-order valence-electron chi connectivity index (χ3n) is 5.53. The van der Waals surface area contributed by atoms with Crippen LogP contribution in [-0.4, -0.2) is 31.3 Å². The first-order valence-corrected chi connectivity index (χ1v) is 11.4. The Kier molecular flexibility index (Phi) is 9.39. The number of methoxy groups -OCH3 is 2. The molecule has 0 radical (unpaired) electrons. The Bertz CT molecular complexity index is 1220. The van der Waals surface area contributed by atoms with E-state index in [2.05, 4.69) is 10.5 Å². The number of hydrogen-bond acceptors (Lipinski definition) is 7. The maximum absolute atomic E-state index is 12.1. The van der Waals surface area contributed by atoms with Gasteiger partial charge in [0.25, 0.3) is 5.69 Å². The molecule has 0 saturated heterocycles. The summed E-state index contributed by atoms with van der Waals surface area (Å²) >= 11 is 0. The van der Waals surface area contributed by atoms with Gasteiger partial charge in [-0.25, -0.2) is 5.43 Å². The lowest BCUT2D eigenvalue weighted by atomic mass is 10.0. The molecule has 0 aliphatic heterocycles. The van der Waals surface area contributed by atoms with Crippen LogP contribution in [-0.2, 0) is 17.8 Å². The SMILES string of the molecule is COc1ccc(CCCC(=O)N/N=C\c2ccc(OCc3ccc([N+](=O)[O-])cc3)c(OC)c2)c(C)c1. The van der Waals surface area contributed by atoms with Gasteiger partial charge in [-0.1, -0.05) is 6.07 Å². The second kappa shape index (κ2) is 12.9. The highest BCUT2D eigenvalue weighted by molar-refractivity contribution is 5.83. The van der Waals surface area contributed by atoms with E-state index in [1.807, 2.05) is 25.1 Å². The standard InChI is InChI=1S/C27H29N3O6/c1-19-15-24(34-2)13-10-22(19)5-4-6-27(31)29-28-17-21-9-14-25(26(16-21)35-3)36-18-20-7-11-23(12-8-20)30(32)33/h7-17H,4-6,18H2,1-3H3,(H,29,31)/b28-17-. The highest BCUT2D eigenvalue weighted by Gasteiger charge is 2.08.